The number of nitrogens with zero attached hydrogens (tertiary/aromatic N) is 3. The van der Waals surface area contributed by atoms with Crippen LogP contribution in [0.15, 0.2) is 58.1 Å². The summed E-state index contributed by atoms with van der Waals surface area (Å²) in [6.07, 6.45) is 2.78. The van der Waals surface area contributed by atoms with Crippen LogP contribution >= 0.6 is 0 Å². The van der Waals surface area contributed by atoms with Crippen molar-refractivity contribution in [2.24, 2.45) is 0 Å². The van der Waals surface area contributed by atoms with Gasteiger partial charge < -0.3 is 9.51 Å². The minimum atomic E-state index is -3.35. The molecule has 0 spiro atoms. The molecule has 0 radical (unpaired) electrons. The predicted molar refractivity (Wildman–Crippen MR) is 103 cm³/mol. The fourth-order valence-electron chi connectivity index (χ4n) is 2.79. The molecule has 0 aliphatic heterocycles. The molecule has 0 aliphatic rings. The summed E-state index contributed by atoms with van der Waals surface area (Å²) in [5.74, 6) is 0.759. The first-order valence-electron chi connectivity index (χ1n) is 8.24. The van der Waals surface area contributed by atoms with E-state index in [1.165, 1.54) is 6.33 Å². The van der Waals surface area contributed by atoms with E-state index in [4.69, 9.17) is 4.52 Å². The normalized spacial score (nSPS) is 11.6. The summed E-state index contributed by atoms with van der Waals surface area (Å²) >= 11 is 0. The molecule has 2 aromatic heterocycles. The molecule has 0 saturated carbocycles. The van der Waals surface area contributed by atoms with Crippen molar-refractivity contribution in [2.45, 2.75) is 6.42 Å². The second-order valence-corrected chi connectivity index (χ2v) is 7.98. The van der Waals surface area contributed by atoms with E-state index in [-0.39, 0.29) is 5.56 Å². The van der Waals surface area contributed by atoms with Crippen molar-refractivity contribution in [1.82, 2.24) is 20.1 Å². The van der Waals surface area contributed by atoms with Gasteiger partial charge in [0.1, 0.15) is 0 Å². The van der Waals surface area contributed by atoms with Crippen LogP contribution in [0.2, 0.25) is 0 Å². The van der Waals surface area contributed by atoms with E-state index in [0.29, 0.717) is 40.3 Å². The zero-order valence-corrected chi connectivity index (χ0v) is 15.5. The molecule has 0 saturated heterocycles. The van der Waals surface area contributed by atoms with Crippen molar-refractivity contribution >= 4 is 26.6 Å². The molecule has 0 atom stereocenters. The van der Waals surface area contributed by atoms with Gasteiger partial charge >= 0.3 is 0 Å². The predicted octanol–water partition coefficient (Wildman–Crippen LogP) is 1.94. The Hall–Kier alpha value is -3.53. The van der Waals surface area contributed by atoms with Crippen LogP contribution in [0.4, 0.5) is 5.69 Å². The fraction of sp³-hybridized carbons (Fsp3) is 0.111. The topological polar surface area (TPSA) is 131 Å². The number of H-pyrrole nitrogens is 1. The fourth-order valence-corrected chi connectivity index (χ4v) is 3.34. The van der Waals surface area contributed by atoms with Crippen LogP contribution in [0.5, 0.6) is 0 Å². The van der Waals surface area contributed by atoms with Gasteiger partial charge in [-0.3, -0.25) is 9.52 Å². The van der Waals surface area contributed by atoms with E-state index in [2.05, 4.69) is 24.8 Å². The molecule has 2 heterocycles. The lowest BCUT2D eigenvalue weighted by atomic mass is 10.1. The average molecular weight is 397 g/mol. The highest BCUT2D eigenvalue weighted by Crippen LogP contribution is 2.21. The van der Waals surface area contributed by atoms with E-state index in [0.717, 1.165) is 11.8 Å². The van der Waals surface area contributed by atoms with Crippen LogP contribution < -0.4 is 10.3 Å². The molecule has 4 aromatic rings. The van der Waals surface area contributed by atoms with E-state index in [1.54, 1.807) is 36.4 Å². The Kier molecular flexibility index (Phi) is 4.40. The van der Waals surface area contributed by atoms with Crippen molar-refractivity contribution in [3.63, 3.8) is 0 Å². The lowest BCUT2D eigenvalue weighted by Crippen LogP contribution is -2.09. The first-order chi connectivity index (χ1) is 13.4. The molecule has 0 unspecified atom stereocenters. The lowest BCUT2D eigenvalue weighted by molar-refractivity contribution is 0.386. The molecule has 0 aliphatic carbocycles. The van der Waals surface area contributed by atoms with Gasteiger partial charge in [-0.1, -0.05) is 23.4 Å². The van der Waals surface area contributed by atoms with Crippen LogP contribution in [-0.4, -0.2) is 34.8 Å². The van der Waals surface area contributed by atoms with Crippen molar-refractivity contribution in [3.05, 3.63) is 70.6 Å². The second kappa shape index (κ2) is 6.89. The molecular weight excluding hydrogens is 382 g/mol. The summed E-state index contributed by atoms with van der Waals surface area (Å²) in [4.78, 5) is 22.8. The minimum absolute atomic E-state index is 0.215. The largest absolute Gasteiger partial charge is 0.339 e. The third kappa shape index (κ3) is 3.91. The zero-order chi connectivity index (χ0) is 19.7. The summed E-state index contributed by atoms with van der Waals surface area (Å²) in [7, 11) is -3.35. The number of nitrogens with one attached hydrogen (secondary N) is 2. The Morgan fingerprint density at radius 1 is 1.18 bits per heavy atom. The number of aromatic nitrogens is 4. The third-order valence-electron chi connectivity index (χ3n) is 3.95. The number of sulfonamides is 1. The van der Waals surface area contributed by atoms with Gasteiger partial charge in [0.05, 0.1) is 29.9 Å². The maximum absolute atomic E-state index is 11.8. The maximum atomic E-state index is 11.8. The third-order valence-corrected chi connectivity index (χ3v) is 4.56. The monoisotopic (exact) mass is 397 g/mol. The van der Waals surface area contributed by atoms with Crippen molar-refractivity contribution in [3.8, 4) is 11.4 Å². The molecule has 0 amide bonds. The highest BCUT2D eigenvalue weighted by Gasteiger charge is 2.12. The van der Waals surface area contributed by atoms with E-state index < -0.39 is 10.0 Å². The first kappa shape index (κ1) is 17.9. The summed E-state index contributed by atoms with van der Waals surface area (Å²) < 4.78 is 30.5. The Balaban J connectivity index is 1.58. The standard InChI is InChI=1S/C18H15N5O4S/c1-28(25,26)23-13-4-2-3-11(7-13)8-16-21-17(22-27-16)12-5-6-14-15(9-12)19-10-20-18(14)24/h2-7,9-10,23H,8H2,1H3,(H,19,20,24). The molecule has 2 N–H and O–H groups in total. The lowest BCUT2D eigenvalue weighted by Gasteiger charge is -2.05. The van der Waals surface area contributed by atoms with Crippen LogP contribution in [-0.2, 0) is 16.4 Å². The Morgan fingerprint density at radius 3 is 2.86 bits per heavy atom. The molecule has 0 fully saturated rings. The van der Waals surface area contributed by atoms with Gasteiger partial charge in [0.15, 0.2) is 0 Å². The molecule has 28 heavy (non-hydrogen) atoms. The minimum Gasteiger partial charge on any atom is -0.339 e. The number of hydrogen-bond donors (Lipinski definition) is 2. The zero-order valence-electron chi connectivity index (χ0n) is 14.7. The smallest absolute Gasteiger partial charge is 0.258 e. The first-order valence-corrected chi connectivity index (χ1v) is 10.1. The number of aromatic amines is 1. The summed E-state index contributed by atoms with van der Waals surface area (Å²) in [6.45, 7) is 0. The number of fused-ring (bicyclic) bond motifs is 1. The molecule has 0 bridgehead atoms. The molecule has 2 aromatic carbocycles. The Bertz CT molecular complexity index is 1330. The van der Waals surface area contributed by atoms with Crippen LogP contribution in [0.25, 0.3) is 22.3 Å². The Labute approximate surface area is 159 Å². The quantitative estimate of drug-likeness (QED) is 0.526. The van der Waals surface area contributed by atoms with Gasteiger partial charge in [0, 0.05) is 11.3 Å². The SMILES string of the molecule is CS(=O)(=O)Nc1cccc(Cc2nc(-c3ccc4c(=O)[nH]cnc4c3)no2)c1. The van der Waals surface area contributed by atoms with Crippen molar-refractivity contribution < 1.29 is 12.9 Å². The van der Waals surface area contributed by atoms with Gasteiger partial charge in [0.25, 0.3) is 5.56 Å². The molecule has 4 rings (SSSR count). The molecular formula is C18H15N5O4S. The van der Waals surface area contributed by atoms with Crippen LogP contribution in [0.3, 0.4) is 0 Å². The van der Waals surface area contributed by atoms with Gasteiger partial charge in [-0.05, 0) is 29.8 Å². The highest BCUT2D eigenvalue weighted by molar-refractivity contribution is 7.92. The van der Waals surface area contributed by atoms with E-state index in [9.17, 15) is 13.2 Å². The van der Waals surface area contributed by atoms with Gasteiger partial charge in [-0.2, -0.15) is 4.98 Å². The highest BCUT2D eigenvalue weighted by atomic mass is 32.2. The summed E-state index contributed by atoms with van der Waals surface area (Å²) in [5.41, 5.74) is 2.27. The van der Waals surface area contributed by atoms with Gasteiger partial charge in [0.2, 0.25) is 21.7 Å². The number of anilines is 1. The van der Waals surface area contributed by atoms with Gasteiger partial charge in [-0.25, -0.2) is 13.4 Å². The summed E-state index contributed by atoms with van der Waals surface area (Å²) in [6, 6.07) is 12.0. The molecule has 10 heteroatoms. The van der Waals surface area contributed by atoms with Gasteiger partial charge in [-0.15, -0.1) is 0 Å². The Morgan fingerprint density at radius 2 is 2.04 bits per heavy atom. The van der Waals surface area contributed by atoms with Crippen molar-refractivity contribution in [2.75, 3.05) is 11.0 Å². The second-order valence-electron chi connectivity index (χ2n) is 6.23. The number of rotatable bonds is 5. The average Bonchev–Trinajstić information content (AvgIpc) is 3.09. The molecule has 142 valence electrons. The van der Waals surface area contributed by atoms with E-state index in [1.807, 2.05) is 6.07 Å². The summed E-state index contributed by atoms with van der Waals surface area (Å²) in [5, 5.41) is 4.46. The van der Waals surface area contributed by atoms with Crippen molar-refractivity contribution in [1.29, 1.82) is 0 Å². The molecule has 9 nitrogen and oxygen atoms in total. The number of benzene rings is 2. The maximum Gasteiger partial charge on any atom is 0.258 e. The number of hydrogen-bond acceptors (Lipinski definition) is 7. The van der Waals surface area contributed by atoms with Crippen LogP contribution in [0, 0.1) is 0 Å². The van der Waals surface area contributed by atoms with E-state index >= 15 is 0 Å². The van der Waals surface area contributed by atoms with Crippen LogP contribution in [0.1, 0.15) is 11.5 Å².